The average Bonchev–Trinajstić information content (AvgIpc) is 2.20. The number of anilines is 1. The van der Waals surface area contributed by atoms with E-state index < -0.39 is 5.82 Å². The van der Waals surface area contributed by atoms with E-state index in [0.717, 1.165) is 0 Å². The first-order chi connectivity index (χ1) is 7.13. The molecule has 0 aliphatic heterocycles. The largest absolute Gasteiger partial charge is 0.330 e. The fourth-order valence-electron chi connectivity index (χ4n) is 1.07. The molecule has 0 spiro atoms. The molecule has 0 unspecified atom stereocenters. The second-order valence-electron chi connectivity index (χ2n) is 3.06. The van der Waals surface area contributed by atoms with E-state index in [-0.39, 0.29) is 5.91 Å². The predicted octanol–water partition coefficient (Wildman–Crippen LogP) is 2.16. The van der Waals surface area contributed by atoms with Crippen molar-refractivity contribution >= 4 is 23.2 Å². The molecule has 0 radical (unpaired) electrons. The zero-order chi connectivity index (χ0) is 11.3. The van der Waals surface area contributed by atoms with E-state index in [1.165, 1.54) is 18.2 Å². The summed E-state index contributed by atoms with van der Waals surface area (Å²) in [7, 11) is 0. The van der Waals surface area contributed by atoms with Crippen molar-refractivity contribution in [2.24, 2.45) is 5.73 Å². The monoisotopic (exact) mass is 230 g/mol. The molecule has 3 N–H and O–H groups in total. The number of hydrogen-bond donors (Lipinski definition) is 2. The summed E-state index contributed by atoms with van der Waals surface area (Å²) in [6.45, 7) is 0.449. The second kappa shape index (κ2) is 5.68. The molecule has 0 aromatic heterocycles. The van der Waals surface area contributed by atoms with E-state index in [9.17, 15) is 9.18 Å². The second-order valence-corrected chi connectivity index (χ2v) is 3.47. The van der Waals surface area contributed by atoms with Gasteiger partial charge in [-0.3, -0.25) is 4.79 Å². The molecule has 0 saturated heterocycles. The third-order valence-corrected chi connectivity index (χ3v) is 2.14. The minimum absolute atomic E-state index is 0.215. The summed E-state index contributed by atoms with van der Waals surface area (Å²) in [5, 5.41) is 2.84. The Hall–Kier alpha value is -1.13. The van der Waals surface area contributed by atoms with Gasteiger partial charge in [0.15, 0.2) is 0 Å². The number of hydrogen-bond acceptors (Lipinski definition) is 2. The van der Waals surface area contributed by atoms with Crippen molar-refractivity contribution in [2.75, 3.05) is 11.9 Å². The van der Waals surface area contributed by atoms with E-state index in [1.54, 1.807) is 0 Å². The quantitative estimate of drug-likeness (QED) is 0.833. The van der Waals surface area contributed by atoms with E-state index in [4.69, 9.17) is 17.3 Å². The van der Waals surface area contributed by atoms with Crippen LogP contribution in [0.15, 0.2) is 18.2 Å². The van der Waals surface area contributed by atoms with Gasteiger partial charge in [0.1, 0.15) is 5.82 Å². The molecule has 0 atom stereocenters. The first-order valence-electron chi connectivity index (χ1n) is 4.58. The third-order valence-electron chi connectivity index (χ3n) is 1.81. The molecule has 1 amide bonds. The maximum atomic E-state index is 12.8. The minimum Gasteiger partial charge on any atom is -0.330 e. The first kappa shape index (κ1) is 11.9. The van der Waals surface area contributed by atoms with Crippen molar-refractivity contribution in [3.63, 3.8) is 0 Å². The van der Waals surface area contributed by atoms with Gasteiger partial charge in [-0.15, -0.1) is 0 Å². The van der Waals surface area contributed by atoms with Gasteiger partial charge in [0.05, 0.1) is 10.7 Å². The Kier molecular flexibility index (Phi) is 4.52. The zero-order valence-corrected chi connectivity index (χ0v) is 8.85. The highest BCUT2D eigenvalue weighted by atomic mass is 35.5. The molecular formula is C10H12ClFN2O. The lowest BCUT2D eigenvalue weighted by molar-refractivity contribution is -0.116. The molecule has 1 rings (SSSR count). The smallest absolute Gasteiger partial charge is 0.224 e. The van der Waals surface area contributed by atoms with Gasteiger partial charge >= 0.3 is 0 Å². The van der Waals surface area contributed by atoms with E-state index in [1.807, 2.05) is 0 Å². The molecule has 0 fully saturated rings. The molecule has 3 nitrogen and oxygen atoms in total. The number of benzene rings is 1. The Morgan fingerprint density at radius 2 is 2.27 bits per heavy atom. The molecule has 1 aromatic carbocycles. The van der Waals surface area contributed by atoms with Gasteiger partial charge in [0.2, 0.25) is 5.91 Å². The van der Waals surface area contributed by atoms with Crippen LogP contribution in [0, 0.1) is 5.82 Å². The number of halogens is 2. The maximum Gasteiger partial charge on any atom is 0.224 e. The number of carbonyl (C=O) groups excluding carboxylic acids is 1. The number of rotatable bonds is 4. The summed E-state index contributed by atoms with van der Waals surface area (Å²) in [4.78, 5) is 11.3. The van der Waals surface area contributed by atoms with E-state index in [2.05, 4.69) is 5.32 Å². The highest BCUT2D eigenvalue weighted by Gasteiger charge is 2.06. The molecule has 0 aliphatic rings. The van der Waals surface area contributed by atoms with Gasteiger partial charge in [-0.2, -0.15) is 0 Å². The summed E-state index contributed by atoms with van der Waals surface area (Å²) in [5.74, 6) is -0.651. The van der Waals surface area contributed by atoms with Crippen LogP contribution >= 0.6 is 11.6 Å². The van der Waals surface area contributed by atoms with Crippen molar-refractivity contribution in [2.45, 2.75) is 12.8 Å². The summed E-state index contributed by atoms with van der Waals surface area (Å²) in [6.07, 6.45) is 0.905. The van der Waals surface area contributed by atoms with Gasteiger partial charge in [-0.1, -0.05) is 11.6 Å². The lowest BCUT2D eigenvalue weighted by Crippen LogP contribution is -2.13. The molecular weight excluding hydrogens is 219 g/mol. The molecule has 0 heterocycles. The Morgan fingerprint density at radius 3 is 2.93 bits per heavy atom. The van der Waals surface area contributed by atoms with Crippen LogP contribution in [-0.4, -0.2) is 12.5 Å². The van der Waals surface area contributed by atoms with Crippen LogP contribution < -0.4 is 11.1 Å². The maximum absolute atomic E-state index is 12.8. The SMILES string of the molecule is NCCCC(=O)Nc1cc(F)ccc1Cl. The summed E-state index contributed by atoms with van der Waals surface area (Å²) < 4.78 is 12.8. The van der Waals surface area contributed by atoms with Crippen molar-refractivity contribution in [1.82, 2.24) is 0 Å². The summed E-state index contributed by atoms with van der Waals surface area (Å²) in [6, 6.07) is 3.82. The fraction of sp³-hybridized carbons (Fsp3) is 0.300. The highest BCUT2D eigenvalue weighted by molar-refractivity contribution is 6.33. The summed E-state index contributed by atoms with van der Waals surface area (Å²) in [5.41, 5.74) is 5.55. The molecule has 0 aliphatic carbocycles. The molecule has 1 aromatic rings. The minimum atomic E-state index is -0.437. The van der Waals surface area contributed by atoms with Gasteiger partial charge in [0.25, 0.3) is 0 Å². The number of amides is 1. The van der Waals surface area contributed by atoms with Crippen molar-refractivity contribution in [3.8, 4) is 0 Å². The predicted molar refractivity (Wildman–Crippen MR) is 58.3 cm³/mol. The Bertz CT molecular complexity index is 357. The van der Waals surface area contributed by atoms with Gasteiger partial charge in [0, 0.05) is 6.42 Å². The van der Waals surface area contributed by atoms with Gasteiger partial charge < -0.3 is 11.1 Å². The van der Waals surface area contributed by atoms with Crippen molar-refractivity contribution in [3.05, 3.63) is 29.0 Å². The first-order valence-corrected chi connectivity index (χ1v) is 4.96. The molecule has 0 bridgehead atoms. The molecule has 0 saturated carbocycles. The summed E-state index contributed by atoms with van der Waals surface area (Å²) >= 11 is 5.77. The van der Waals surface area contributed by atoms with Crippen LogP contribution in [0.2, 0.25) is 5.02 Å². The Labute approximate surface area is 92.4 Å². The van der Waals surface area contributed by atoms with Crippen LogP contribution in [0.3, 0.4) is 0 Å². The van der Waals surface area contributed by atoms with Crippen LogP contribution in [-0.2, 0) is 4.79 Å². The fourth-order valence-corrected chi connectivity index (χ4v) is 1.23. The van der Waals surface area contributed by atoms with Crippen LogP contribution in [0.25, 0.3) is 0 Å². The Morgan fingerprint density at radius 1 is 1.53 bits per heavy atom. The normalized spacial score (nSPS) is 10.1. The van der Waals surface area contributed by atoms with Gasteiger partial charge in [-0.25, -0.2) is 4.39 Å². The number of carbonyl (C=O) groups is 1. The standard InChI is InChI=1S/C10H12ClFN2O/c11-8-4-3-7(12)6-9(8)14-10(15)2-1-5-13/h3-4,6H,1-2,5,13H2,(H,14,15). The van der Waals surface area contributed by atoms with Crippen molar-refractivity contribution in [1.29, 1.82) is 0 Å². The van der Waals surface area contributed by atoms with Crippen molar-refractivity contribution < 1.29 is 9.18 Å². The third kappa shape index (κ3) is 3.85. The lowest BCUT2D eigenvalue weighted by Gasteiger charge is -2.06. The van der Waals surface area contributed by atoms with Crippen LogP contribution in [0.1, 0.15) is 12.8 Å². The van der Waals surface area contributed by atoms with Crippen LogP contribution in [0.4, 0.5) is 10.1 Å². The Balaban J connectivity index is 2.63. The number of nitrogens with two attached hydrogens (primary N) is 1. The zero-order valence-electron chi connectivity index (χ0n) is 8.09. The lowest BCUT2D eigenvalue weighted by atomic mass is 10.2. The average molecular weight is 231 g/mol. The topological polar surface area (TPSA) is 55.1 Å². The van der Waals surface area contributed by atoms with E-state index >= 15 is 0 Å². The molecule has 15 heavy (non-hydrogen) atoms. The molecule has 5 heteroatoms. The number of nitrogens with one attached hydrogen (secondary N) is 1. The highest BCUT2D eigenvalue weighted by Crippen LogP contribution is 2.22. The van der Waals surface area contributed by atoms with Crippen LogP contribution in [0.5, 0.6) is 0 Å². The molecule has 82 valence electrons. The van der Waals surface area contributed by atoms with Gasteiger partial charge in [-0.05, 0) is 31.2 Å². The van der Waals surface area contributed by atoms with E-state index in [0.29, 0.717) is 30.1 Å².